The molecule has 2 aliphatic rings. The van der Waals surface area contributed by atoms with Crippen molar-refractivity contribution < 1.29 is 9.53 Å². The molecule has 0 bridgehead atoms. The summed E-state index contributed by atoms with van der Waals surface area (Å²) in [7, 11) is 2.14. The average molecular weight is 370 g/mol. The number of piperazine rings is 1. The van der Waals surface area contributed by atoms with E-state index in [1.54, 1.807) is 0 Å². The molecule has 7 nitrogen and oxygen atoms in total. The highest BCUT2D eigenvalue weighted by molar-refractivity contribution is 5.77. The molecule has 1 aromatic carbocycles. The maximum absolute atomic E-state index is 12.8. The van der Waals surface area contributed by atoms with Gasteiger partial charge in [0.15, 0.2) is 0 Å². The second kappa shape index (κ2) is 7.40. The van der Waals surface area contributed by atoms with Crippen LogP contribution in [0.3, 0.4) is 0 Å². The highest BCUT2D eigenvalue weighted by Crippen LogP contribution is 2.30. The summed E-state index contributed by atoms with van der Waals surface area (Å²) in [5, 5.41) is 0. The number of aromatic nitrogens is 2. The zero-order chi connectivity index (χ0) is 18.9. The summed E-state index contributed by atoms with van der Waals surface area (Å²) in [6.45, 7) is 3.86. The summed E-state index contributed by atoms with van der Waals surface area (Å²) in [6, 6.07) is 7.45. The number of likely N-dealkylation sites (N-methyl/N-ethyl adjacent to an activating group) is 1. The molecule has 27 heavy (non-hydrogen) atoms. The van der Waals surface area contributed by atoms with E-state index in [0.717, 1.165) is 56.7 Å². The van der Waals surface area contributed by atoms with Crippen LogP contribution in [0.2, 0.25) is 0 Å². The summed E-state index contributed by atoms with van der Waals surface area (Å²) in [6.07, 6.45) is 2.59. The van der Waals surface area contributed by atoms with Gasteiger partial charge in [0.2, 0.25) is 5.91 Å². The Bertz CT molecular complexity index is 888. The first-order chi connectivity index (χ1) is 13.1. The van der Waals surface area contributed by atoms with Crippen LogP contribution in [-0.2, 0) is 16.0 Å². The van der Waals surface area contributed by atoms with E-state index in [1.807, 2.05) is 29.2 Å². The minimum absolute atomic E-state index is 0.0326. The molecule has 2 aromatic rings. The van der Waals surface area contributed by atoms with Gasteiger partial charge in [-0.15, -0.1) is 0 Å². The van der Waals surface area contributed by atoms with Gasteiger partial charge in [-0.1, -0.05) is 12.1 Å². The number of para-hydroxylation sites is 2. The molecule has 2 fully saturated rings. The van der Waals surface area contributed by atoms with Crippen LogP contribution in [-0.4, -0.2) is 71.1 Å². The van der Waals surface area contributed by atoms with Crippen molar-refractivity contribution in [3.63, 3.8) is 0 Å². The Hall–Kier alpha value is -2.25. The number of H-pyrrole nitrogens is 1. The predicted molar refractivity (Wildman–Crippen MR) is 103 cm³/mol. The molecule has 3 heterocycles. The van der Waals surface area contributed by atoms with Gasteiger partial charge in [-0.2, -0.15) is 0 Å². The van der Waals surface area contributed by atoms with Crippen LogP contribution in [0.4, 0.5) is 0 Å². The fourth-order valence-electron chi connectivity index (χ4n) is 4.19. The third kappa shape index (κ3) is 3.61. The van der Waals surface area contributed by atoms with Gasteiger partial charge in [0, 0.05) is 51.2 Å². The number of carbonyl (C=O) groups excluding carboxylic acids is 1. The second-order valence-electron chi connectivity index (χ2n) is 7.60. The number of nitrogens with zero attached hydrogens (tertiary/aromatic N) is 3. The molecule has 2 saturated heterocycles. The molecule has 1 spiro atoms. The lowest BCUT2D eigenvalue weighted by Crippen LogP contribution is -2.63. The van der Waals surface area contributed by atoms with Crippen LogP contribution in [0.5, 0.6) is 0 Å². The Morgan fingerprint density at radius 3 is 2.85 bits per heavy atom. The Balaban J connectivity index is 1.43. The van der Waals surface area contributed by atoms with Crippen LogP contribution < -0.4 is 5.56 Å². The number of aryl methyl sites for hydroxylation is 1. The first kappa shape index (κ1) is 18.1. The van der Waals surface area contributed by atoms with Gasteiger partial charge in [-0.25, -0.2) is 4.98 Å². The number of benzene rings is 1. The molecule has 1 amide bonds. The molecule has 0 radical (unpaired) electrons. The van der Waals surface area contributed by atoms with E-state index >= 15 is 0 Å². The van der Waals surface area contributed by atoms with Crippen molar-refractivity contribution in [3.8, 4) is 0 Å². The summed E-state index contributed by atoms with van der Waals surface area (Å²) < 4.78 is 5.52. The fourth-order valence-corrected chi connectivity index (χ4v) is 4.19. The number of ether oxygens (including phenoxy) is 1. The molecule has 1 N–H and O–H groups in total. The summed E-state index contributed by atoms with van der Waals surface area (Å²) >= 11 is 0. The molecule has 1 aromatic heterocycles. The first-order valence-electron chi connectivity index (χ1n) is 9.62. The third-order valence-corrected chi connectivity index (χ3v) is 6.02. The predicted octanol–water partition coefficient (Wildman–Crippen LogP) is 1.18. The Labute approximate surface area is 158 Å². The molecule has 0 unspecified atom stereocenters. The normalized spacial score (nSPS) is 20.3. The first-order valence-corrected chi connectivity index (χ1v) is 9.62. The topological polar surface area (TPSA) is 78.5 Å². The van der Waals surface area contributed by atoms with Crippen molar-refractivity contribution in [2.45, 2.75) is 31.2 Å². The highest BCUT2D eigenvalue weighted by Gasteiger charge is 2.42. The van der Waals surface area contributed by atoms with Gasteiger partial charge >= 0.3 is 0 Å². The van der Waals surface area contributed by atoms with E-state index in [-0.39, 0.29) is 17.0 Å². The number of nitrogens with one attached hydrogen (secondary N) is 1. The van der Waals surface area contributed by atoms with E-state index in [2.05, 4.69) is 21.9 Å². The number of hydrogen-bond donors (Lipinski definition) is 1. The van der Waals surface area contributed by atoms with Gasteiger partial charge in [0.05, 0.1) is 11.0 Å². The van der Waals surface area contributed by atoms with E-state index in [0.29, 0.717) is 18.5 Å². The number of rotatable bonds is 3. The number of amides is 1. The molecule has 2 aliphatic heterocycles. The van der Waals surface area contributed by atoms with Crippen molar-refractivity contribution in [2.75, 3.05) is 39.9 Å². The van der Waals surface area contributed by atoms with Crippen molar-refractivity contribution in [1.29, 1.82) is 0 Å². The minimum Gasteiger partial charge on any atom is -0.381 e. The van der Waals surface area contributed by atoms with E-state index in [1.165, 1.54) is 0 Å². The zero-order valence-electron chi connectivity index (χ0n) is 15.7. The van der Waals surface area contributed by atoms with E-state index < -0.39 is 0 Å². The number of aromatic amines is 1. The van der Waals surface area contributed by atoms with Crippen LogP contribution >= 0.6 is 0 Å². The van der Waals surface area contributed by atoms with Crippen molar-refractivity contribution in [2.24, 2.45) is 0 Å². The van der Waals surface area contributed by atoms with Gasteiger partial charge < -0.3 is 14.6 Å². The lowest BCUT2D eigenvalue weighted by Gasteiger charge is -2.51. The quantitative estimate of drug-likeness (QED) is 0.878. The van der Waals surface area contributed by atoms with E-state index in [4.69, 9.17) is 4.74 Å². The van der Waals surface area contributed by atoms with Gasteiger partial charge in [-0.05, 0) is 32.0 Å². The Morgan fingerprint density at radius 1 is 1.26 bits per heavy atom. The monoisotopic (exact) mass is 370 g/mol. The van der Waals surface area contributed by atoms with Gasteiger partial charge in [0.25, 0.3) is 5.56 Å². The average Bonchev–Trinajstić information content (AvgIpc) is 2.69. The zero-order valence-corrected chi connectivity index (χ0v) is 15.7. The second-order valence-corrected chi connectivity index (χ2v) is 7.60. The molecule has 7 heteroatoms. The molecule has 0 saturated carbocycles. The van der Waals surface area contributed by atoms with Gasteiger partial charge in [-0.3, -0.25) is 14.5 Å². The SMILES string of the molecule is CN1CCN(C(=O)CCc2nc3ccccc3[nH]c2=O)CC12CCOCC2. The lowest BCUT2D eigenvalue weighted by atomic mass is 9.86. The smallest absolute Gasteiger partial charge is 0.270 e. The molecule has 0 atom stereocenters. The summed E-state index contributed by atoms with van der Waals surface area (Å²) in [5.74, 6) is 0.100. The standard InChI is InChI=1S/C20H26N4O3/c1-23-10-11-24(14-20(23)8-12-27-13-9-20)18(25)7-6-17-19(26)22-16-5-3-2-4-15(16)21-17/h2-5H,6-14H2,1H3,(H,22,26). The third-order valence-electron chi connectivity index (χ3n) is 6.02. The largest absolute Gasteiger partial charge is 0.381 e. The maximum Gasteiger partial charge on any atom is 0.270 e. The number of fused-ring (bicyclic) bond motifs is 1. The molecular weight excluding hydrogens is 344 g/mol. The van der Waals surface area contributed by atoms with Crippen LogP contribution in [0.25, 0.3) is 11.0 Å². The summed E-state index contributed by atoms with van der Waals surface area (Å²) in [5.41, 5.74) is 1.72. The molecule has 4 rings (SSSR count). The van der Waals surface area contributed by atoms with Crippen LogP contribution in [0.15, 0.2) is 29.1 Å². The number of hydrogen-bond acceptors (Lipinski definition) is 5. The highest BCUT2D eigenvalue weighted by atomic mass is 16.5. The summed E-state index contributed by atoms with van der Waals surface area (Å²) in [4.78, 5) is 36.7. The molecule has 144 valence electrons. The minimum atomic E-state index is -0.208. The fraction of sp³-hybridized carbons (Fsp3) is 0.550. The van der Waals surface area contributed by atoms with Crippen molar-refractivity contribution in [3.05, 3.63) is 40.3 Å². The maximum atomic E-state index is 12.8. The van der Waals surface area contributed by atoms with Crippen LogP contribution in [0.1, 0.15) is 25.0 Å². The molecule has 0 aliphatic carbocycles. The van der Waals surface area contributed by atoms with Crippen molar-refractivity contribution >= 4 is 16.9 Å². The Morgan fingerprint density at radius 2 is 2.04 bits per heavy atom. The van der Waals surface area contributed by atoms with Crippen molar-refractivity contribution in [1.82, 2.24) is 19.8 Å². The van der Waals surface area contributed by atoms with Gasteiger partial charge in [0.1, 0.15) is 5.69 Å². The lowest BCUT2D eigenvalue weighted by molar-refractivity contribution is -0.139. The van der Waals surface area contributed by atoms with E-state index in [9.17, 15) is 9.59 Å². The number of carbonyl (C=O) groups is 1. The molecular formula is C20H26N4O3. The van der Waals surface area contributed by atoms with Crippen LogP contribution in [0, 0.1) is 0 Å². The Kier molecular flexibility index (Phi) is 4.97.